The van der Waals surface area contributed by atoms with Crippen molar-refractivity contribution in [1.82, 2.24) is 10.3 Å². The van der Waals surface area contributed by atoms with Gasteiger partial charge in [0.2, 0.25) is 5.89 Å². The molecule has 0 aliphatic carbocycles. The first kappa shape index (κ1) is 11.7. The minimum Gasteiger partial charge on any atom is -0.508 e. The minimum absolute atomic E-state index is 0.307. The molecule has 1 aromatic carbocycles. The van der Waals surface area contributed by atoms with Crippen LogP contribution in [-0.2, 0) is 19.5 Å². The molecule has 0 fully saturated rings. The molecule has 90 valence electrons. The van der Waals surface area contributed by atoms with Crippen LogP contribution in [0, 0.1) is 0 Å². The van der Waals surface area contributed by atoms with Crippen LogP contribution in [0.2, 0.25) is 0 Å². The maximum absolute atomic E-state index is 9.57. The fourth-order valence-corrected chi connectivity index (χ4v) is 1.56. The van der Waals surface area contributed by atoms with Gasteiger partial charge in [-0.2, -0.15) is 0 Å². The van der Waals surface area contributed by atoms with Crippen molar-refractivity contribution in [2.75, 3.05) is 0 Å². The Labute approximate surface area is 100 Å². The number of hydrogen-bond acceptors (Lipinski definition) is 4. The Morgan fingerprint density at radius 2 is 2.12 bits per heavy atom. The van der Waals surface area contributed by atoms with E-state index in [1.165, 1.54) is 0 Å². The Morgan fingerprint density at radius 1 is 1.29 bits per heavy atom. The van der Waals surface area contributed by atoms with E-state index in [1.54, 1.807) is 18.3 Å². The van der Waals surface area contributed by atoms with E-state index in [2.05, 4.69) is 10.3 Å². The average molecular weight is 232 g/mol. The van der Waals surface area contributed by atoms with Gasteiger partial charge in [0.1, 0.15) is 11.5 Å². The summed E-state index contributed by atoms with van der Waals surface area (Å²) in [6, 6.07) is 7.27. The molecular formula is C13H16N2O2. The van der Waals surface area contributed by atoms with Crippen LogP contribution in [0.1, 0.15) is 24.1 Å². The van der Waals surface area contributed by atoms with Crippen molar-refractivity contribution in [2.24, 2.45) is 0 Å². The molecule has 2 aromatic rings. The maximum Gasteiger partial charge on any atom is 0.208 e. The predicted octanol–water partition coefficient (Wildman–Crippen LogP) is 2.23. The van der Waals surface area contributed by atoms with Crippen molar-refractivity contribution in [2.45, 2.75) is 26.4 Å². The van der Waals surface area contributed by atoms with E-state index in [9.17, 15) is 5.11 Å². The number of benzene rings is 1. The van der Waals surface area contributed by atoms with Crippen molar-refractivity contribution in [1.29, 1.82) is 0 Å². The molecule has 17 heavy (non-hydrogen) atoms. The van der Waals surface area contributed by atoms with Crippen LogP contribution in [0.3, 0.4) is 0 Å². The molecule has 0 saturated carbocycles. The van der Waals surface area contributed by atoms with Gasteiger partial charge in [0, 0.05) is 18.5 Å². The summed E-state index contributed by atoms with van der Waals surface area (Å²) >= 11 is 0. The van der Waals surface area contributed by atoms with E-state index in [4.69, 9.17) is 4.42 Å². The number of aromatic nitrogens is 1. The van der Waals surface area contributed by atoms with E-state index in [0.29, 0.717) is 24.7 Å². The molecule has 0 atom stereocenters. The first-order valence-corrected chi connectivity index (χ1v) is 5.70. The number of nitrogens with zero attached hydrogens (tertiary/aromatic N) is 1. The van der Waals surface area contributed by atoms with E-state index in [-0.39, 0.29) is 0 Å². The van der Waals surface area contributed by atoms with Gasteiger partial charge in [-0.25, -0.2) is 4.98 Å². The Hall–Kier alpha value is -1.81. The van der Waals surface area contributed by atoms with Crippen molar-refractivity contribution < 1.29 is 9.52 Å². The SMILES string of the molecule is CCc1cnc(CNCc2ccccc2O)o1. The Bertz CT molecular complexity index is 480. The van der Waals surface area contributed by atoms with Gasteiger partial charge in [-0.15, -0.1) is 0 Å². The monoisotopic (exact) mass is 232 g/mol. The van der Waals surface area contributed by atoms with E-state index in [1.807, 2.05) is 19.1 Å². The third-order valence-electron chi connectivity index (χ3n) is 2.53. The second kappa shape index (κ2) is 5.50. The lowest BCUT2D eigenvalue weighted by Crippen LogP contribution is -2.12. The highest BCUT2D eigenvalue weighted by molar-refractivity contribution is 5.31. The normalized spacial score (nSPS) is 10.6. The molecule has 1 aromatic heterocycles. The molecule has 2 N–H and O–H groups in total. The fraction of sp³-hybridized carbons (Fsp3) is 0.308. The van der Waals surface area contributed by atoms with Gasteiger partial charge in [0.05, 0.1) is 12.7 Å². The van der Waals surface area contributed by atoms with Crippen molar-refractivity contribution in [3.05, 3.63) is 47.7 Å². The molecule has 4 heteroatoms. The zero-order valence-corrected chi connectivity index (χ0v) is 9.81. The standard InChI is InChI=1S/C13H16N2O2/c1-2-11-8-15-13(17-11)9-14-7-10-5-3-4-6-12(10)16/h3-6,8,14,16H,2,7,9H2,1H3. The van der Waals surface area contributed by atoms with Crippen molar-refractivity contribution >= 4 is 0 Å². The van der Waals surface area contributed by atoms with Gasteiger partial charge in [-0.05, 0) is 6.07 Å². The highest BCUT2D eigenvalue weighted by Crippen LogP contribution is 2.15. The van der Waals surface area contributed by atoms with Gasteiger partial charge in [-0.3, -0.25) is 0 Å². The van der Waals surface area contributed by atoms with Crippen LogP contribution < -0.4 is 5.32 Å². The van der Waals surface area contributed by atoms with Gasteiger partial charge >= 0.3 is 0 Å². The summed E-state index contributed by atoms with van der Waals surface area (Å²) in [5.41, 5.74) is 0.870. The molecule has 0 aliphatic rings. The molecule has 0 spiro atoms. The number of hydrogen-bond donors (Lipinski definition) is 2. The molecule has 0 aliphatic heterocycles. The largest absolute Gasteiger partial charge is 0.508 e. The molecule has 0 unspecified atom stereocenters. The summed E-state index contributed by atoms with van der Waals surface area (Å²) in [5, 5.41) is 12.8. The topological polar surface area (TPSA) is 58.3 Å². The summed E-state index contributed by atoms with van der Waals surface area (Å²) < 4.78 is 5.46. The molecule has 1 heterocycles. The quantitative estimate of drug-likeness (QED) is 0.830. The number of rotatable bonds is 5. The van der Waals surface area contributed by atoms with Crippen LogP contribution in [0.15, 0.2) is 34.9 Å². The van der Waals surface area contributed by atoms with E-state index in [0.717, 1.165) is 17.7 Å². The number of phenolic OH excluding ortho intramolecular Hbond substituents is 1. The van der Waals surface area contributed by atoms with Crippen LogP contribution >= 0.6 is 0 Å². The van der Waals surface area contributed by atoms with Gasteiger partial charge < -0.3 is 14.8 Å². The number of aromatic hydroxyl groups is 1. The minimum atomic E-state index is 0.307. The second-order valence-corrected chi connectivity index (χ2v) is 3.81. The lowest BCUT2D eigenvalue weighted by Gasteiger charge is -2.04. The third kappa shape index (κ3) is 3.07. The smallest absolute Gasteiger partial charge is 0.208 e. The molecule has 0 amide bonds. The number of oxazole rings is 1. The number of phenols is 1. The number of aryl methyl sites for hydroxylation is 1. The highest BCUT2D eigenvalue weighted by Gasteiger charge is 2.03. The molecule has 2 rings (SSSR count). The Balaban J connectivity index is 1.85. The van der Waals surface area contributed by atoms with Crippen molar-refractivity contribution in [3.63, 3.8) is 0 Å². The van der Waals surface area contributed by atoms with Crippen LogP contribution in [-0.4, -0.2) is 10.1 Å². The third-order valence-corrected chi connectivity index (χ3v) is 2.53. The van der Waals surface area contributed by atoms with Crippen LogP contribution in [0.4, 0.5) is 0 Å². The molecule has 0 radical (unpaired) electrons. The van der Waals surface area contributed by atoms with Crippen molar-refractivity contribution in [3.8, 4) is 5.75 Å². The van der Waals surface area contributed by atoms with Gasteiger partial charge in [0.15, 0.2) is 0 Å². The van der Waals surface area contributed by atoms with Gasteiger partial charge in [0.25, 0.3) is 0 Å². The highest BCUT2D eigenvalue weighted by atomic mass is 16.4. The maximum atomic E-state index is 9.57. The predicted molar refractivity (Wildman–Crippen MR) is 64.5 cm³/mol. The average Bonchev–Trinajstić information content (AvgIpc) is 2.80. The van der Waals surface area contributed by atoms with Crippen LogP contribution in [0.5, 0.6) is 5.75 Å². The summed E-state index contributed by atoms with van der Waals surface area (Å²) in [6.45, 7) is 3.19. The molecule has 0 bridgehead atoms. The first-order valence-electron chi connectivity index (χ1n) is 5.70. The Kier molecular flexibility index (Phi) is 3.77. The summed E-state index contributed by atoms with van der Waals surface area (Å²) in [4.78, 5) is 4.15. The second-order valence-electron chi connectivity index (χ2n) is 3.81. The Morgan fingerprint density at radius 3 is 2.82 bits per heavy atom. The molecular weight excluding hydrogens is 216 g/mol. The number of para-hydroxylation sites is 1. The first-order chi connectivity index (χ1) is 8.29. The zero-order chi connectivity index (χ0) is 12.1. The lowest BCUT2D eigenvalue weighted by atomic mass is 10.2. The fourth-order valence-electron chi connectivity index (χ4n) is 1.56. The summed E-state index contributed by atoms with van der Waals surface area (Å²) in [5.74, 6) is 1.88. The number of nitrogens with one attached hydrogen (secondary N) is 1. The van der Waals surface area contributed by atoms with Crippen LogP contribution in [0.25, 0.3) is 0 Å². The van der Waals surface area contributed by atoms with E-state index < -0.39 is 0 Å². The van der Waals surface area contributed by atoms with Gasteiger partial charge in [-0.1, -0.05) is 25.1 Å². The lowest BCUT2D eigenvalue weighted by molar-refractivity contribution is 0.433. The van der Waals surface area contributed by atoms with E-state index >= 15 is 0 Å². The summed E-state index contributed by atoms with van der Waals surface area (Å²) in [7, 11) is 0. The summed E-state index contributed by atoms with van der Waals surface area (Å²) in [6.07, 6.45) is 2.60. The molecule has 0 saturated heterocycles. The zero-order valence-electron chi connectivity index (χ0n) is 9.81. The molecule has 4 nitrogen and oxygen atoms in total.